The van der Waals surface area contributed by atoms with E-state index in [2.05, 4.69) is 22.4 Å². The smallest absolute Gasteiger partial charge is 0.151 e. The fraction of sp³-hybridized carbons (Fsp3) is 0.600. The third kappa shape index (κ3) is 2.35. The molecule has 0 aliphatic heterocycles. The van der Waals surface area contributed by atoms with Crippen molar-refractivity contribution in [3.8, 4) is 0 Å². The standard InChI is InChI=1S/C10H14ClN3/c1-2-8(7-3-4-7)12-10-6-5-9(11)13-14-10/h5-8H,2-4H2,1H3,(H,12,14). The van der Waals surface area contributed by atoms with Crippen LogP contribution >= 0.6 is 11.6 Å². The van der Waals surface area contributed by atoms with Crippen LogP contribution in [0.1, 0.15) is 26.2 Å². The molecule has 1 aliphatic rings. The zero-order valence-corrected chi connectivity index (χ0v) is 8.96. The van der Waals surface area contributed by atoms with E-state index in [1.54, 1.807) is 6.07 Å². The molecular formula is C10H14ClN3. The number of hydrogen-bond donors (Lipinski definition) is 1. The summed E-state index contributed by atoms with van der Waals surface area (Å²) in [7, 11) is 0. The molecule has 3 nitrogen and oxygen atoms in total. The summed E-state index contributed by atoms with van der Waals surface area (Å²) in [6.07, 6.45) is 3.81. The molecule has 14 heavy (non-hydrogen) atoms. The molecular weight excluding hydrogens is 198 g/mol. The van der Waals surface area contributed by atoms with Gasteiger partial charge in [-0.1, -0.05) is 18.5 Å². The largest absolute Gasteiger partial charge is 0.366 e. The number of aromatic nitrogens is 2. The van der Waals surface area contributed by atoms with Crippen molar-refractivity contribution in [3.63, 3.8) is 0 Å². The minimum Gasteiger partial charge on any atom is -0.366 e. The first kappa shape index (κ1) is 9.71. The van der Waals surface area contributed by atoms with Gasteiger partial charge in [0.05, 0.1) is 0 Å². The van der Waals surface area contributed by atoms with Gasteiger partial charge in [0.1, 0.15) is 5.82 Å². The molecule has 4 heteroatoms. The molecule has 0 amide bonds. The van der Waals surface area contributed by atoms with Crippen molar-refractivity contribution >= 4 is 17.4 Å². The lowest BCUT2D eigenvalue weighted by molar-refractivity contribution is 0.612. The van der Waals surface area contributed by atoms with Crippen LogP contribution in [0.25, 0.3) is 0 Å². The van der Waals surface area contributed by atoms with Crippen molar-refractivity contribution in [1.29, 1.82) is 0 Å². The Labute approximate surface area is 88.9 Å². The zero-order chi connectivity index (χ0) is 9.97. The number of anilines is 1. The molecule has 1 saturated carbocycles. The van der Waals surface area contributed by atoms with Crippen LogP contribution in [0.2, 0.25) is 5.15 Å². The highest BCUT2D eigenvalue weighted by Crippen LogP contribution is 2.35. The fourth-order valence-corrected chi connectivity index (χ4v) is 1.74. The van der Waals surface area contributed by atoms with Crippen LogP contribution in [0, 0.1) is 5.92 Å². The first-order valence-electron chi connectivity index (χ1n) is 5.05. The summed E-state index contributed by atoms with van der Waals surface area (Å²) in [5.74, 6) is 1.66. The van der Waals surface area contributed by atoms with Crippen LogP contribution in [-0.4, -0.2) is 16.2 Å². The highest BCUT2D eigenvalue weighted by Gasteiger charge is 2.29. The highest BCUT2D eigenvalue weighted by atomic mass is 35.5. The Hall–Kier alpha value is -0.830. The van der Waals surface area contributed by atoms with E-state index in [0.717, 1.165) is 18.2 Å². The van der Waals surface area contributed by atoms with Gasteiger partial charge in [-0.2, -0.15) is 0 Å². The van der Waals surface area contributed by atoms with Gasteiger partial charge in [-0.05, 0) is 37.3 Å². The van der Waals surface area contributed by atoms with E-state index in [1.807, 2.05) is 6.07 Å². The first-order chi connectivity index (χ1) is 6.79. The van der Waals surface area contributed by atoms with Crippen LogP contribution < -0.4 is 5.32 Å². The number of rotatable bonds is 4. The van der Waals surface area contributed by atoms with Gasteiger partial charge in [-0.3, -0.25) is 0 Å². The van der Waals surface area contributed by atoms with Gasteiger partial charge in [-0.15, -0.1) is 10.2 Å². The molecule has 0 radical (unpaired) electrons. The van der Waals surface area contributed by atoms with E-state index >= 15 is 0 Å². The maximum atomic E-state index is 5.66. The average Bonchev–Trinajstić information content (AvgIpc) is 3.01. The minimum atomic E-state index is 0.440. The van der Waals surface area contributed by atoms with Crippen LogP contribution in [0.15, 0.2) is 12.1 Å². The van der Waals surface area contributed by atoms with Crippen molar-refractivity contribution in [2.75, 3.05) is 5.32 Å². The Bertz CT molecular complexity index is 295. The second kappa shape index (κ2) is 4.13. The lowest BCUT2D eigenvalue weighted by Crippen LogP contribution is -2.21. The predicted octanol–water partition coefficient (Wildman–Crippen LogP) is 2.73. The maximum Gasteiger partial charge on any atom is 0.151 e. The fourth-order valence-electron chi connectivity index (χ4n) is 1.63. The number of nitrogens with one attached hydrogen (secondary N) is 1. The summed E-state index contributed by atoms with van der Waals surface area (Å²) >= 11 is 5.66. The summed E-state index contributed by atoms with van der Waals surface area (Å²) in [5, 5.41) is 11.6. The Balaban J connectivity index is 1.98. The van der Waals surface area contributed by atoms with Crippen LogP contribution in [0.5, 0.6) is 0 Å². The lowest BCUT2D eigenvalue weighted by atomic mass is 10.1. The Kier molecular flexibility index (Phi) is 2.87. The third-order valence-electron chi connectivity index (χ3n) is 2.60. The molecule has 1 unspecified atom stereocenters. The summed E-state index contributed by atoms with van der Waals surface area (Å²) in [6, 6.07) is 4.18. The van der Waals surface area contributed by atoms with E-state index in [0.29, 0.717) is 11.2 Å². The van der Waals surface area contributed by atoms with Crippen molar-refractivity contribution < 1.29 is 0 Å². The molecule has 1 aromatic heterocycles. The van der Waals surface area contributed by atoms with Gasteiger partial charge in [0.2, 0.25) is 0 Å². The molecule has 1 N–H and O–H groups in total. The Morgan fingerprint density at radius 1 is 1.50 bits per heavy atom. The molecule has 2 rings (SSSR count). The second-order valence-corrected chi connectivity index (χ2v) is 4.13. The molecule has 1 atom stereocenters. The quantitative estimate of drug-likeness (QED) is 0.832. The molecule has 0 aromatic carbocycles. The van der Waals surface area contributed by atoms with Crippen LogP contribution in [0.4, 0.5) is 5.82 Å². The summed E-state index contributed by atoms with van der Waals surface area (Å²) in [4.78, 5) is 0. The third-order valence-corrected chi connectivity index (χ3v) is 2.80. The van der Waals surface area contributed by atoms with Gasteiger partial charge >= 0.3 is 0 Å². The molecule has 1 aliphatic carbocycles. The van der Waals surface area contributed by atoms with E-state index in [1.165, 1.54) is 12.8 Å². The second-order valence-electron chi connectivity index (χ2n) is 3.74. The molecule has 0 bridgehead atoms. The van der Waals surface area contributed by atoms with Crippen molar-refractivity contribution in [2.45, 2.75) is 32.2 Å². The average molecular weight is 212 g/mol. The molecule has 0 saturated heterocycles. The molecule has 1 fully saturated rings. The minimum absolute atomic E-state index is 0.440. The van der Waals surface area contributed by atoms with Crippen LogP contribution in [-0.2, 0) is 0 Å². The number of hydrogen-bond acceptors (Lipinski definition) is 3. The van der Waals surface area contributed by atoms with Gasteiger partial charge < -0.3 is 5.32 Å². The predicted molar refractivity (Wildman–Crippen MR) is 57.5 cm³/mol. The Morgan fingerprint density at radius 3 is 2.79 bits per heavy atom. The van der Waals surface area contributed by atoms with Crippen molar-refractivity contribution in [1.82, 2.24) is 10.2 Å². The summed E-state index contributed by atoms with van der Waals surface area (Å²) in [5.41, 5.74) is 0. The van der Waals surface area contributed by atoms with E-state index in [-0.39, 0.29) is 0 Å². The van der Waals surface area contributed by atoms with Crippen molar-refractivity contribution in [3.05, 3.63) is 17.3 Å². The monoisotopic (exact) mass is 211 g/mol. The van der Waals surface area contributed by atoms with E-state index in [4.69, 9.17) is 11.6 Å². The van der Waals surface area contributed by atoms with Crippen LogP contribution in [0.3, 0.4) is 0 Å². The number of halogens is 1. The molecule has 0 spiro atoms. The number of nitrogens with zero attached hydrogens (tertiary/aromatic N) is 2. The van der Waals surface area contributed by atoms with Gasteiger partial charge in [0, 0.05) is 6.04 Å². The maximum absolute atomic E-state index is 5.66. The topological polar surface area (TPSA) is 37.8 Å². The van der Waals surface area contributed by atoms with Crippen molar-refractivity contribution in [2.24, 2.45) is 5.92 Å². The van der Waals surface area contributed by atoms with E-state index < -0.39 is 0 Å². The van der Waals surface area contributed by atoms with Gasteiger partial charge in [0.15, 0.2) is 5.15 Å². The molecule has 1 heterocycles. The SMILES string of the molecule is CCC(Nc1ccc(Cl)nn1)C1CC1. The first-order valence-corrected chi connectivity index (χ1v) is 5.43. The normalized spacial score (nSPS) is 17.9. The molecule has 1 aromatic rings. The lowest BCUT2D eigenvalue weighted by Gasteiger charge is -2.15. The van der Waals surface area contributed by atoms with E-state index in [9.17, 15) is 0 Å². The molecule has 76 valence electrons. The summed E-state index contributed by atoms with van der Waals surface area (Å²) in [6.45, 7) is 2.19. The van der Waals surface area contributed by atoms with Gasteiger partial charge in [0.25, 0.3) is 0 Å². The highest BCUT2D eigenvalue weighted by molar-refractivity contribution is 6.29. The zero-order valence-electron chi connectivity index (χ0n) is 8.20. The summed E-state index contributed by atoms with van der Waals surface area (Å²) < 4.78 is 0. The van der Waals surface area contributed by atoms with Gasteiger partial charge in [-0.25, -0.2) is 0 Å². The Morgan fingerprint density at radius 2 is 2.29 bits per heavy atom.